The van der Waals surface area contributed by atoms with Crippen molar-refractivity contribution in [3.63, 3.8) is 0 Å². The van der Waals surface area contributed by atoms with Crippen molar-refractivity contribution in [1.82, 2.24) is 20.4 Å². The van der Waals surface area contributed by atoms with Crippen LogP contribution in [0.5, 0.6) is 0 Å². The van der Waals surface area contributed by atoms with Crippen molar-refractivity contribution in [3.05, 3.63) is 24.0 Å². The van der Waals surface area contributed by atoms with E-state index in [1.54, 1.807) is 6.20 Å². The maximum atomic E-state index is 12.2. The molecule has 2 aliphatic rings. The fourth-order valence-corrected chi connectivity index (χ4v) is 2.59. The van der Waals surface area contributed by atoms with Gasteiger partial charge in [-0.25, -0.2) is 4.79 Å². The summed E-state index contributed by atoms with van der Waals surface area (Å²) >= 11 is 0. The van der Waals surface area contributed by atoms with E-state index in [0.717, 1.165) is 5.69 Å². The average molecular weight is 276 g/mol. The number of amides is 2. The van der Waals surface area contributed by atoms with Crippen molar-refractivity contribution in [2.45, 2.75) is 38.5 Å². The van der Waals surface area contributed by atoms with Crippen LogP contribution in [-0.4, -0.2) is 46.4 Å². The van der Waals surface area contributed by atoms with Gasteiger partial charge in [-0.1, -0.05) is 0 Å². The van der Waals surface area contributed by atoms with Gasteiger partial charge in [-0.15, -0.1) is 0 Å². The molecule has 108 valence electrons. The molecule has 1 aliphatic carbocycles. The second-order valence-electron chi connectivity index (χ2n) is 5.60. The fourth-order valence-electron chi connectivity index (χ4n) is 2.59. The summed E-state index contributed by atoms with van der Waals surface area (Å²) in [4.78, 5) is 14.1. The molecule has 1 saturated heterocycles. The molecule has 1 saturated carbocycles. The lowest BCUT2D eigenvalue weighted by Crippen LogP contribution is -2.52. The van der Waals surface area contributed by atoms with E-state index in [4.69, 9.17) is 4.74 Å². The molecule has 2 atom stereocenters. The van der Waals surface area contributed by atoms with Crippen LogP contribution >= 0.6 is 0 Å². The average Bonchev–Trinajstić information content (AvgIpc) is 3.30. The summed E-state index contributed by atoms with van der Waals surface area (Å²) in [6.07, 6.45) is 4.39. The van der Waals surface area contributed by atoms with Gasteiger partial charge in [-0.3, -0.25) is 0 Å². The maximum absolute atomic E-state index is 12.2. The number of nitrogens with one attached hydrogen (secondary N) is 1. The van der Waals surface area contributed by atoms with Crippen LogP contribution in [0.25, 0.3) is 0 Å². The van der Waals surface area contributed by atoms with Gasteiger partial charge in [0.2, 0.25) is 0 Å². The number of hydrogen-bond acceptors (Lipinski definition) is 4. The second-order valence-corrected chi connectivity index (χ2v) is 5.60. The first-order valence-corrected chi connectivity index (χ1v) is 7.17. The Labute approximate surface area is 118 Å². The number of hydrogen-bond donors (Lipinski definition) is 1. The highest BCUT2D eigenvalue weighted by atomic mass is 16.5. The Bertz CT molecular complexity index is 464. The third-order valence-corrected chi connectivity index (χ3v) is 3.77. The van der Waals surface area contributed by atoms with Gasteiger partial charge in [0.05, 0.1) is 24.4 Å². The minimum Gasteiger partial charge on any atom is -0.371 e. The Kier molecular flexibility index (Phi) is 3.82. The summed E-state index contributed by atoms with van der Waals surface area (Å²) in [5.41, 5.74) is 0.765. The first kappa shape index (κ1) is 13.3. The lowest BCUT2D eigenvalue weighted by atomic mass is 10.1. The monoisotopic (exact) mass is 276 g/mol. The van der Waals surface area contributed by atoms with Gasteiger partial charge in [0, 0.05) is 19.3 Å². The lowest BCUT2D eigenvalue weighted by Gasteiger charge is -2.37. The van der Waals surface area contributed by atoms with E-state index < -0.39 is 0 Å². The van der Waals surface area contributed by atoms with Crippen LogP contribution in [0.3, 0.4) is 0 Å². The molecule has 1 N–H and O–H groups in total. The van der Waals surface area contributed by atoms with E-state index in [1.165, 1.54) is 12.8 Å². The summed E-state index contributed by atoms with van der Waals surface area (Å²) in [5.74, 6) is 0.646. The molecule has 1 aliphatic heterocycles. The summed E-state index contributed by atoms with van der Waals surface area (Å²) < 4.78 is 5.91. The van der Waals surface area contributed by atoms with Crippen LogP contribution in [-0.2, 0) is 11.3 Å². The molecule has 2 fully saturated rings. The van der Waals surface area contributed by atoms with Crippen LogP contribution in [0, 0.1) is 5.92 Å². The molecular formula is C14H20N4O2. The zero-order valence-corrected chi connectivity index (χ0v) is 11.7. The molecule has 2 heterocycles. The highest BCUT2D eigenvalue weighted by Gasteiger charge is 2.38. The molecule has 0 radical (unpaired) electrons. The van der Waals surface area contributed by atoms with Crippen molar-refractivity contribution in [1.29, 1.82) is 0 Å². The SMILES string of the molecule is CC1CN(C(=O)NCc2cccnn2)CC(C2CC2)O1. The van der Waals surface area contributed by atoms with Gasteiger partial charge < -0.3 is 15.0 Å². The van der Waals surface area contributed by atoms with Crippen LogP contribution < -0.4 is 5.32 Å². The number of carbonyl (C=O) groups excluding carboxylic acids is 1. The molecule has 6 heteroatoms. The molecule has 1 aromatic heterocycles. The first-order chi connectivity index (χ1) is 9.72. The highest BCUT2D eigenvalue weighted by Crippen LogP contribution is 2.36. The van der Waals surface area contributed by atoms with E-state index >= 15 is 0 Å². The first-order valence-electron chi connectivity index (χ1n) is 7.17. The molecule has 0 bridgehead atoms. The fraction of sp³-hybridized carbons (Fsp3) is 0.643. The van der Waals surface area contributed by atoms with Gasteiger partial charge in [-0.05, 0) is 37.8 Å². The van der Waals surface area contributed by atoms with Gasteiger partial charge >= 0.3 is 6.03 Å². The largest absolute Gasteiger partial charge is 0.371 e. The van der Waals surface area contributed by atoms with E-state index in [9.17, 15) is 4.79 Å². The minimum atomic E-state index is -0.0450. The number of morpholine rings is 1. The Hall–Kier alpha value is -1.69. The highest BCUT2D eigenvalue weighted by molar-refractivity contribution is 5.74. The predicted molar refractivity (Wildman–Crippen MR) is 72.9 cm³/mol. The summed E-state index contributed by atoms with van der Waals surface area (Å²) in [6.45, 7) is 3.78. The summed E-state index contributed by atoms with van der Waals surface area (Å²) in [7, 11) is 0. The smallest absolute Gasteiger partial charge is 0.317 e. The van der Waals surface area contributed by atoms with E-state index in [0.29, 0.717) is 25.6 Å². The maximum Gasteiger partial charge on any atom is 0.317 e. The Balaban J connectivity index is 1.53. The predicted octanol–water partition coefficient (Wildman–Crippen LogP) is 1.19. The molecule has 0 spiro atoms. The lowest BCUT2D eigenvalue weighted by molar-refractivity contribution is -0.0731. The number of rotatable bonds is 3. The minimum absolute atomic E-state index is 0.0450. The number of aromatic nitrogens is 2. The van der Waals surface area contributed by atoms with Crippen molar-refractivity contribution in [2.75, 3.05) is 13.1 Å². The van der Waals surface area contributed by atoms with Gasteiger partial charge in [0.1, 0.15) is 0 Å². The quantitative estimate of drug-likeness (QED) is 0.900. The molecule has 1 aromatic rings. The summed E-state index contributed by atoms with van der Waals surface area (Å²) in [6, 6.07) is 3.62. The number of nitrogens with zero attached hydrogens (tertiary/aromatic N) is 3. The van der Waals surface area contributed by atoms with E-state index in [1.807, 2.05) is 24.0 Å². The topological polar surface area (TPSA) is 67.4 Å². The Morgan fingerprint density at radius 1 is 1.50 bits per heavy atom. The van der Waals surface area contributed by atoms with Gasteiger partial charge in [0.25, 0.3) is 0 Å². The molecule has 3 rings (SSSR count). The molecular weight excluding hydrogens is 256 g/mol. The van der Waals surface area contributed by atoms with Crippen molar-refractivity contribution >= 4 is 6.03 Å². The normalized spacial score (nSPS) is 26.4. The van der Waals surface area contributed by atoms with Crippen LogP contribution in [0.4, 0.5) is 4.79 Å². The van der Waals surface area contributed by atoms with E-state index in [2.05, 4.69) is 15.5 Å². The second kappa shape index (κ2) is 5.75. The molecule has 0 aromatic carbocycles. The number of urea groups is 1. The molecule has 2 unspecified atom stereocenters. The van der Waals surface area contributed by atoms with Gasteiger partial charge in [0.15, 0.2) is 0 Å². The van der Waals surface area contributed by atoms with Crippen LogP contribution in [0.15, 0.2) is 18.3 Å². The number of carbonyl (C=O) groups is 1. The van der Waals surface area contributed by atoms with Crippen molar-refractivity contribution in [2.24, 2.45) is 5.92 Å². The third-order valence-electron chi connectivity index (χ3n) is 3.77. The van der Waals surface area contributed by atoms with Crippen molar-refractivity contribution in [3.8, 4) is 0 Å². The molecule has 6 nitrogen and oxygen atoms in total. The summed E-state index contributed by atoms with van der Waals surface area (Å²) in [5, 5.41) is 10.6. The number of ether oxygens (including phenoxy) is 1. The van der Waals surface area contributed by atoms with Crippen molar-refractivity contribution < 1.29 is 9.53 Å². The zero-order valence-electron chi connectivity index (χ0n) is 11.7. The Morgan fingerprint density at radius 2 is 2.35 bits per heavy atom. The Morgan fingerprint density at radius 3 is 3.05 bits per heavy atom. The van der Waals surface area contributed by atoms with E-state index in [-0.39, 0.29) is 18.2 Å². The van der Waals surface area contributed by atoms with Gasteiger partial charge in [-0.2, -0.15) is 10.2 Å². The molecule has 2 amide bonds. The zero-order chi connectivity index (χ0) is 13.9. The molecule has 20 heavy (non-hydrogen) atoms. The van der Waals surface area contributed by atoms with Crippen LogP contribution in [0.1, 0.15) is 25.5 Å². The standard InChI is InChI=1S/C14H20N4O2/c1-10-8-18(9-13(20-10)11-4-5-11)14(19)15-7-12-3-2-6-16-17-12/h2-3,6,10-11,13H,4-5,7-9H2,1H3,(H,15,19). The van der Waals surface area contributed by atoms with Crippen LogP contribution in [0.2, 0.25) is 0 Å². The third kappa shape index (κ3) is 3.25.